The van der Waals surface area contributed by atoms with E-state index in [1.54, 1.807) is 13.2 Å². The molecule has 3 atom stereocenters. The Hall–Kier alpha value is -1.11. The second-order valence-corrected chi connectivity index (χ2v) is 5.64. The summed E-state index contributed by atoms with van der Waals surface area (Å²) in [6.07, 6.45) is 2.62. The van der Waals surface area contributed by atoms with Crippen molar-refractivity contribution in [2.45, 2.75) is 38.0 Å². The van der Waals surface area contributed by atoms with Crippen molar-refractivity contribution in [2.24, 2.45) is 0 Å². The van der Waals surface area contributed by atoms with Gasteiger partial charge in [0, 0.05) is 28.9 Å². The fraction of sp³-hybridized carbons (Fsp3) is 0.800. The van der Waals surface area contributed by atoms with Gasteiger partial charge in [0.15, 0.2) is 0 Å². The van der Waals surface area contributed by atoms with Crippen LogP contribution in [0, 0.1) is 0 Å². The number of aliphatic carboxylic acids is 1. The first-order valence-corrected chi connectivity index (χ1v) is 7.10. The zero-order valence-electron chi connectivity index (χ0n) is 10.4. The van der Waals surface area contributed by atoms with Crippen molar-refractivity contribution in [3.8, 4) is 0 Å². The zero-order valence-corrected chi connectivity index (χ0v) is 11.2. The molecule has 0 aromatic heterocycles. The second-order valence-electron chi connectivity index (χ2n) is 3.84. The van der Waals surface area contributed by atoms with Gasteiger partial charge in [-0.25, -0.2) is 9.59 Å². The molecule has 0 saturated heterocycles. The van der Waals surface area contributed by atoms with E-state index in [4.69, 9.17) is 5.11 Å². The lowest BCUT2D eigenvalue weighted by molar-refractivity contribution is -0.139. The zero-order chi connectivity index (χ0) is 13.4. The Morgan fingerprint density at radius 1 is 1.41 bits per heavy atom. The van der Waals surface area contributed by atoms with Crippen LogP contribution in [-0.4, -0.2) is 45.4 Å². The van der Waals surface area contributed by atoms with Crippen molar-refractivity contribution in [2.75, 3.05) is 12.8 Å². The number of rotatable bonds is 7. The molecule has 0 aliphatic heterocycles. The van der Waals surface area contributed by atoms with E-state index in [2.05, 4.69) is 10.6 Å². The Balaban J connectivity index is 4.06. The first-order chi connectivity index (χ1) is 7.88. The van der Waals surface area contributed by atoms with Crippen LogP contribution in [0.25, 0.3) is 0 Å². The summed E-state index contributed by atoms with van der Waals surface area (Å²) >= 11 is 0. The molecular weight excluding hydrogens is 244 g/mol. The standard InChI is InChI=1S/C10H20N2O4S/c1-4-5-8(9(13)14)12-10(15)11-6-7(2)17(3)16/h7-8H,4-6H2,1-3H3,(H,13,14)(H2,11,12,15). The van der Waals surface area contributed by atoms with E-state index in [1.165, 1.54) is 0 Å². The molecule has 3 N–H and O–H groups in total. The van der Waals surface area contributed by atoms with E-state index in [1.807, 2.05) is 6.92 Å². The van der Waals surface area contributed by atoms with Gasteiger partial charge in [-0.05, 0) is 13.3 Å². The molecule has 0 bridgehead atoms. The maximum absolute atomic E-state index is 11.4. The highest BCUT2D eigenvalue weighted by atomic mass is 32.2. The number of carboxylic acids is 1. The lowest BCUT2D eigenvalue weighted by atomic mass is 10.2. The summed E-state index contributed by atoms with van der Waals surface area (Å²) in [5, 5.41) is 13.5. The van der Waals surface area contributed by atoms with Crippen LogP contribution in [0.5, 0.6) is 0 Å². The van der Waals surface area contributed by atoms with Gasteiger partial charge in [-0.2, -0.15) is 0 Å². The Labute approximate surface area is 104 Å². The molecule has 0 radical (unpaired) electrons. The van der Waals surface area contributed by atoms with Crippen molar-refractivity contribution in [3.05, 3.63) is 0 Å². The molecule has 17 heavy (non-hydrogen) atoms. The molecule has 2 amide bonds. The molecule has 0 spiro atoms. The van der Waals surface area contributed by atoms with Crippen LogP contribution in [0.15, 0.2) is 0 Å². The quantitative estimate of drug-likeness (QED) is 0.616. The molecule has 0 aliphatic rings. The molecule has 0 rings (SSSR count). The fourth-order valence-electron chi connectivity index (χ4n) is 1.11. The topological polar surface area (TPSA) is 95.5 Å². The van der Waals surface area contributed by atoms with Crippen molar-refractivity contribution in [1.82, 2.24) is 10.6 Å². The number of nitrogens with one attached hydrogen (secondary N) is 2. The third kappa shape index (κ3) is 6.93. The van der Waals surface area contributed by atoms with Gasteiger partial charge in [0.05, 0.1) is 0 Å². The van der Waals surface area contributed by atoms with E-state index < -0.39 is 28.8 Å². The maximum Gasteiger partial charge on any atom is 0.326 e. The number of hydrogen-bond donors (Lipinski definition) is 3. The molecular formula is C10H20N2O4S. The SMILES string of the molecule is CCCC(NC(=O)NCC(C)S(C)=O)C(=O)O. The van der Waals surface area contributed by atoms with Gasteiger partial charge < -0.3 is 15.7 Å². The first-order valence-electron chi connectivity index (χ1n) is 5.47. The summed E-state index contributed by atoms with van der Waals surface area (Å²) in [4.78, 5) is 22.2. The summed E-state index contributed by atoms with van der Waals surface area (Å²) in [6.45, 7) is 3.85. The monoisotopic (exact) mass is 264 g/mol. The van der Waals surface area contributed by atoms with Gasteiger partial charge in [0.25, 0.3) is 0 Å². The highest BCUT2D eigenvalue weighted by molar-refractivity contribution is 7.84. The van der Waals surface area contributed by atoms with Gasteiger partial charge in [-0.1, -0.05) is 13.3 Å². The van der Waals surface area contributed by atoms with Crippen LogP contribution in [0.4, 0.5) is 4.79 Å². The van der Waals surface area contributed by atoms with Crippen molar-refractivity contribution < 1.29 is 18.9 Å². The van der Waals surface area contributed by atoms with Crippen LogP contribution in [0.1, 0.15) is 26.7 Å². The molecule has 0 aliphatic carbocycles. The summed E-state index contributed by atoms with van der Waals surface area (Å²) in [5.41, 5.74) is 0. The molecule has 0 fully saturated rings. The molecule has 0 aromatic carbocycles. The minimum absolute atomic E-state index is 0.157. The summed E-state index contributed by atoms with van der Waals surface area (Å²) < 4.78 is 11.0. The molecule has 0 aromatic rings. The third-order valence-corrected chi connectivity index (χ3v) is 3.60. The third-order valence-electron chi connectivity index (χ3n) is 2.30. The molecule has 7 heteroatoms. The van der Waals surface area contributed by atoms with E-state index in [-0.39, 0.29) is 11.8 Å². The molecule has 0 heterocycles. The van der Waals surface area contributed by atoms with Crippen LogP contribution in [-0.2, 0) is 15.6 Å². The molecule has 6 nitrogen and oxygen atoms in total. The van der Waals surface area contributed by atoms with Crippen molar-refractivity contribution in [1.29, 1.82) is 0 Å². The smallest absolute Gasteiger partial charge is 0.326 e. The normalized spacial score (nSPS) is 15.7. The number of hydrogen-bond acceptors (Lipinski definition) is 3. The number of carbonyl (C=O) groups is 2. The second kappa shape index (κ2) is 8.05. The number of carboxylic acid groups (broad SMARTS) is 1. The average molecular weight is 264 g/mol. The molecule has 0 saturated carbocycles. The van der Waals surface area contributed by atoms with Crippen LogP contribution >= 0.6 is 0 Å². The van der Waals surface area contributed by atoms with E-state index in [9.17, 15) is 13.8 Å². The Bertz CT molecular complexity index is 296. The van der Waals surface area contributed by atoms with Gasteiger partial charge in [0.1, 0.15) is 6.04 Å². The van der Waals surface area contributed by atoms with E-state index in [0.717, 1.165) is 0 Å². The molecule has 100 valence electrons. The average Bonchev–Trinajstić information content (AvgIpc) is 2.24. The van der Waals surface area contributed by atoms with Crippen LogP contribution in [0.3, 0.4) is 0 Å². The van der Waals surface area contributed by atoms with Crippen LogP contribution in [0.2, 0.25) is 0 Å². The number of urea groups is 1. The Morgan fingerprint density at radius 2 is 2.00 bits per heavy atom. The predicted molar refractivity (Wildman–Crippen MR) is 66.4 cm³/mol. The summed E-state index contributed by atoms with van der Waals surface area (Å²) in [7, 11) is -1.01. The van der Waals surface area contributed by atoms with Crippen LogP contribution < -0.4 is 10.6 Å². The fourth-order valence-corrected chi connectivity index (χ4v) is 1.43. The largest absolute Gasteiger partial charge is 0.480 e. The molecule has 3 unspecified atom stereocenters. The highest BCUT2D eigenvalue weighted by Crippen LogP contribution is 1.96. The minimum Gasteiger partial charge on any atom is -0.480 e. The summed E-state index contributed by atoms with van der Waals surface area (Å²) in [6, 6.07) is -1.41. The lowest BCUT2D eigenvalue weighted by Gasteiger charge is -2.15. The van der Waals surface area contributed by atoms with Gasteiger partial charge in [-0.15, -0.1) is 0 Å². The predicted octanol–water partition coefficient (Wildman–Crippen LogP) is 0.306. The Morgan fingerprint density at radius 3 is 2.41 bits per heavy atom. The van der Waals surface area contributed by atoms with E-state index in [0.29, 0.717) is 12.8 Å². The minimum atomic E-state index is -1.05. The van der Waals surface area contributed by atoms with Crippen molar-refractivity contribution >= 4 is 22.8 Å². The first kappa shape index (κ1) is 15.9. The maximum atomic E-state index is 11.4. The van der Waals surface area contributed by atoms with Gasteiger partial charge in [0.2, 0.25) is 0 Å². The highest BCUT2D eigenvalue weighted by Gasteiger charge is 2.18. The van der Waals surface area contributed by atoms with Crippen molar-refractivity contribution in [3.63, 3.8) is 0 Å². The number of carbonyl (C=O) groups excluding carboxylic acids is 1. The van der Waals surface area contributed by atoms with Gasteiger partial charge in [-0.3, -0.25) is 4.21 Å². The number of amides is 2. The van der Waals surface area contributed by atoms with E-state index >= 15 is 0 Å². The lowest BCUT2D eigenvalue weighted by Crippen LogP contribution is -2.47. The Kier molecular flexibility index (Phi) is 7.53. The van der Waals surface area contributed by atoms with Gasteiger partial charge >= 0.3 is 12.0 Å². The summed E-state index contributed by atoms with van der Waals surface area (Å²) in [5.74, 6) is -1.05.